The molecule has 3 rings (SSSR count). The van der Waals surface area contributed by atoms with Crippen molar-refractivity contribution in [3.8, 4) is 5.75 Å². The Hall–Kier alpha value is -2.40. The third-order valence-corrected chi connectivity index (χ3v) is 4.35. The zero-order chi connectivity index (χ0) is 17.5. The molecule has 0 aliphatic carbocycles. The normalized spacial score (nSPS) is 16.6. The Labute approximate surface area is 147 Å². The van der Waals surface area contributed by atoms with Gasteiger partial charge in [-0.25, -0.2) is 4.39 Å². The highest BCUT2D eigenvalue weighted by Gasteiger charge is 2.15. The maximum Gasteiger partial charge on any atom is 0.224 e. The zero-order valence-electron chi connectivity index (χ0n) is 14.1. The van der Waals surface area contributed by atoms with Crippen LogP contribution in [0.3, 0.4) is 0 Å². The predicted molar refractivity (Wildman–Crippen MR) is 96.0 cm³/mol. The topological polar surface area (TPSA) is 50.4 Å². The average molecular weight is 342 g/mol. The van der Waals surface area contributed by atoms with Crippen LogP contribution in [0.5, 0.6) is 5.75 Å². The summed E-state index contributed by atoms with van der Waals surface area (Å²) in [6.45, 7) is 2.34. The molecule has 4 nitrogen and oxygen atoms in total. The second-order valence-electron chi connectivity index (χ2n) is 6.39. The molecule has 5 heteroatoms. The van der Waals surface area contributed by atoms with Gasteiger partial charge >= 0.3 is 0 Å². The summed E-state index contributed by atoms with van der Waals surface area (Å²) >= 11 is 0. The van der Waals surface area contributed by atoms with E-state index in [4.69, 9.17) is 4.74 Å². The lowest BCUT2D eigenvalue weighted by Gasteiger charge is -2.11. The second kappa shape index (κ2) is 8.62. The van der Waals surface area contributed by atoms with Gasteiger partial charge in [-0.1, -0.05) is 18.2 Å². The van der Waals surface area contributed by atoms with Crippen molar-refractivity contribution < 1.29 is 13.9 Å². The number of benzene rings is 2. The summed E-state index contributed by atoms with van der Waals surface area (Å²) in [6, 6.07) is 13.6. The molecular formula is C20H23FN2O2. The van der Waals surface area contributed by atoms with E-state index in [1.54, 1.807) is 12.1 Å². The van der Waals surface area contributed by atoms with Gasteiger partial charge < -0.3 is 15.4 Å². The Kier molecular flexibility index (Phi) is 6.01. The van der Waals surface area contributed by atoms with Gasteiger partial charge in [-0.05, 0) is 61.7 Å². The van der Waals surface area contributed by atoms with Gasteiger partial charge in [-0.2, -0.15) is 0 Å². The number of rotatable bonds is 7. The lowest BCUT2D eigenvalue weighted by molar-refractivity contribution is -0.116. The Morgan fingerprint density at radius 1 is 1.24 bits per heavy atom. The van der Waals surface area contributed by atoms with Gasteiger partial charge in [-0.3, -0.25) is 4.79 Å². The van der Waals surface area contributed by atoms with Crippen molar-refractivity contribution in [3.05, 3.63) is 59.9 Å². The molecule has 132 valence electrons. The van der Waals surface area contributed by atoms with Crippen molar-refractivity contribution >= 4 is 11.6 Å². The van der Waals surface area contributed by atoms with Crippen LogP contribution in [0, 0.1) is 11.7 Å². The zero-order valence-corrected chi connectivity index (χ0v) is 14.1. The van der Waals surface area contributed by atoms with Gasteiger partial charge in [0.15, 0.2) is 0 Å². The summed E-state index contributed by atoms with van der Waals surface area (Å²) in [5.74, 6) is 0.988. The second-order valence-corrected chi connectivity index (χ2v) is 6.39. The van der Waals surface area contributed by atoms with E-state index in [0.29, 0.717) is 23.8 Å². The van der Waals surface area contributed by atoms with E-state index >= 15 is 0 Å². The molecular weight excluding hydrogens is 319 g/mol. The van der Waals surface area contributed by atoms with Crippen molar-refractivity contribution in [1.29, 1.82) is 0 Å². The maximum atomic E-state index is 13.2. The Morgan fingerprint density at radius 3 is 2.92 bits per heavy atom. The highest BCUT2D eigenvalue weighted by atomic mass is 19.1. The largest absolute Gasteiger partial charge is 0.489 e. The predicted octanol–water partition coefficient (Wildman–Crippen LogP) is 3.73. The van der Waals surface area contributed by atoms with Gasteiger partial charge in [-0.15, -0.1) is 0 Å². The summed E-state index contributed by atoms with van der Waals surface area (Å²) in [4.78, 5) is 12.1. The van der Waals surface area contributed by atoms with E-state index < -0.39 is 0 Å². The van der Waals surface area contributed by atoms with Crippen molar-refractivity contribution in [2.45, 2.75) is 25.9 Å². The molecule has 1 aliphatic heterocycles. The minimum absolute atomic E-state index is 0.0224. The summed E-state index contributed by atoms with van der Waals surface area (Å²) in [5.41, 5.74) is 1.48. The fraction of sp³-hybridized carbons (Fsp3) is 0.350. The lowest BCUT2D eigenvalue weighted by Crippen LogP contribution is -2.15. The third-order valence-electron chi connectivity index (χ3n) is 4.35. The first-order valence-electron chi connectivity index (χ1n) is 8.67. The summed E-state index contributed by atoms with van der Waals surface area (Å²) < 4.78 is 18.9. The number of carbonyl (C=O) groups excluding carboxylic acids is 1. The van der Waals surface area contributed by atoms with Crippen LogP contribution in [0.15, 0.2) is 48.5 Å². The van der Waals surface area contributed by atoms with Crippen LogP contribution in [0.1, 0.15) is 24.8 Å². The first kappa shape index (κ1) is 17.4. The fourth-order valence-corrected chi connectivity index (χ4v) is 2.98. The number of hydrogen-bond acceptors (Lipinski definition) is 3. The standard InChI is InChI=1S/C20H23FN2O2/c21-17-4-1-3-16(11-17)14-25-19-6-2-5-18(12-19)23-20(24)8-7-15-9-10-22-13-15/h1-6,11-12,15,22H,7-10,13-14H2,(H,23,24). The summed E-state index contributed by atoms with van der Waals surface area (Å²) in [7, 11) is 0. The molecule has 2 aromatic carbocycles. The lowest BCUT2D eigenvalue weighted by atomic mass is 10.0. The molecule has 1 atom stereocenters. The highest BCUT2D eigenvalue weighted by Crippen LogP contribution is 2.20. The first-order valence-corrected chi connectivity index (χ1v) is 8.67. The van der Waals surface area contributed by atoms with Crippen LogP contribution in [0.4, 0.5) is 10.1 Å². The minimum Gasteiger partial charge on any atom is -0.489 e. The molecule has 0 aromatic heterocycles. The number of nitrogens with one attached hydrogen (secondary N) is 2. The van der Waals surface area contributed by atoms with Crippen molar-refractivity contribution in [2.24, 2.45) is 5.92 Å². The van der Waals surface area contributed by atoms with Gasteiger partial charge in [0, 0.05) is 18.2 Å². The molecule has 1 fully saturated rings. The molecule has 2 N–H and O–H groups in total. The molecule has 2 aromatic rings. The van der Waals surface area contributed by atoms with Crippen LogP contribution in [0.25, 0.3) is 0 Å². The van der Waals surface area contributed by atoms with E-state index in [9.17, 15) is 9.18 Å². The summed E-state index contributed by atoms with van der Waals surface area (Å²) in [5, 5.41) is 6.23. The van der Waals surface area contributed by atoms with E-state index in [0.717, 1.165) is 31.5 Å². The quantitative estimate of drug-likeness (QED) is 0.806. The number of carbonyl (C=O) groups is 1. The highest BCUT2D eigenvalue weighted by molar-refractivity contribution is 5.90. The molecule has 25 heavy (non-hydrogen) atoms. The van der Waals surface area contributed by atoms with Crippen LogP contribution >= 0.6 is 0 Å². The molecule has 1 aliphatic rings. The van der Waals surface area contributed by atoms with Crippen LogP contribution in [-0.2, 0) is 11.4 Å². The molecule has 0 spiro atoms. The minimum atomic E-state index is -0.278. The van der Waals surface area contributed by atoms with Gasteiger partial charge in [0.25, 0.3) is 0 Å². The Balaban J connectivity index is 1.49. The molecule has 1 amide bonds. The van der Waals surface area contributed by atoms with E-state index in [-0.39, 0.29) is 18.3 Å². The van der Waals surface area contributed by atoms with Crippen LogP contribution < -0.4 is 15.4 Å². The maximum absolute atomic E-state index is 13.2. The Bertz CT molecular complexity index is 714. The van der Waals surface area contributed by atoms with Crippen molar-refractivity contribution in [2.75, 3.05) is 18.4 Å². The SMILES string of the molecule is O=C(CCC1CCNC1)Nc1cccc(OCc2cccc(F)c2)c1. The summed E-state index contributed by atoms with van der Waals surface area (Å²) in [6.07, 6.45) is 2.59. The van der Waals surface area contributed by atoms with Crippen molar-refractivity contribution in [1.82, 2.24) is 5.32 Å². The number of anilines is 1. The molecule has 1 unspecified atom stereocenters. The van der Waals surface area contributed by atoms with E-state index in [1.807, 2.05) is 24.3 Å². The first-order chi connectivity index (χ1) is 12.2. The van der Waals surface area contributed by atoms with Crippen LogP contribution in [0.2, 0.25) is 0 Å². The molecule has 1 saturated heterocycles. The molecule has 0 saturated carbocycles. The monoisotopic (exact) mass is 342 g/mol. The number of halogens is 1. The van der Waals surface area contributed by atoms with Gasteiger partial charge in [0.2, 0.25) is 5.91 Å². The van der Waals surface area contributed by atoms with Gasteiger partial charge in [0.1, 0.15) is 18.2 Å². The molecule has 1 heterocycles. The number of amides is 1. The van der Waals surface area contributed by atoms with Crippen LogP contribution in [-0.4, -0.2) is 19.0 Å². The van der Waals surface area contributed by atoms with E-state index in [2.05, 4.69) is 10.6 Å². The third kappa shape index (κ3) is 5.57. The fourth-order valence-electron chi connectivity index (χ4n) is 2.98. The number of hydrogen-bond donors (Lipinski definition) is 2. The van der Waals surface area contributed by atoms with Crippen molar-refractivity contribution in [3.63, 3.8) is 0 Å². The Morgan fingerprint density at radius 2 is 2.12 bits per heavy atom. The van der Waals surface area contributed by atoms with Gasteiger partial charge in [0.05, 0.1) is 0 Å². The smallest absolute Gasteiger partial charge is 0.224 e. The number of ether oxygens (including phenoxy) is 1. The molecule has 0 bridgehead atoms. The van der Waals surface area contributed by atoms with E-state index in [1.165, 1.54) is 12.1 Å². The average Bonchev–Trinajstić information content (AvgIpc) is 3.12. The molecule has 0 radical (unpaired) electrons.